The quantitative estimate of drug-likeness (QED) is 0.544. The van der Waals surface area contributed by atoms with E-state index in [-0.39, 0.29) is 11.5 Å². The van der Waals surface area contributed by atoms with Gasteiger partial charge in [-0.3, -0.25) is 9.69 Å². The van der Waals surface area contributed by atoms with Crippen LogP contribution < -0.4 is 4.74 Å². The summed E-state index contributed by atoms with van der Waals surface area (Å²) in [5.74, 6) is -1.84. The molecule has 8 nitrogen and oxygen atoms in total. The number of benzene rings is 2. The Bertz CT molecular complexity index is 1080. The van der Waals surface area contributed by atoms with Gasteiger partial charge >= 0.3 is 11.9 Å². The van der Waals surface area contributed by atoms with Crippen molar-refractivity contribution in [2.45, 2.75) is 19.8 Å². The van der Waals surface area contributed by atoms with Crippen molar-refractivity contribution in [3.05, 3.63) is 64.6 Å². The van der Waals surface area contributed by atoms with E-state index >= 15 is 0 Å². The van der Waals surface area contributed by atoms with Crippen LogP contribution in [-0.2, 0) is 9.59 Å². The van der Waals surface area contributed by atoms with Gasteiger partial charge in [0.05, 0.1) is 16.2 Å². The van der Waals surface area contributed by atoms with E-state index in [4.69, 9.17) is 9.84 Å². The molecule has 1 saturated heterocycles. The van der Waals surface area contributed by atoms with Crippen molar-refractivity contribution >= 4 is 46.5 Å². The van der Waals surface area contributed by atoms with Gasteiger partial charge in [-0.1, -0.05) is 31.5 Å². The van der Waals surface area contributed by atoms with Gasteiger partial charge in [-0.05, 0) is 60.2 Å². The van der Waals surface area contributed by atoms with Crippen LogP contribution in [0.2, 0.25) is 0 Å². The topological polar surface area (TPSA) is 117 Å². The van der Waals surface area contributed by atoms with Gasteiger partial charge in [0.15, 0.2) is 11.8 Å². The Balaban J connectivity index is 1.85. The minimum absolute atomic E-state index is 0.127. The number of carbonyl (C=O) groups is 3. The summed E-state index contributed by atoms with van der Waals surface area (Å²) < 4.78 is 5.12. The third-order valence-electron chi connectivity index (χ3n) is 4.48. The van der Waals surface area contributed by atoms with E-state index in [1.165, 1.54) is 23.9 Å². The fourth-order valence-electron chi connectivity index (χ4n) is 2.88. The van der Waals surface area contributed by atoms with Gasteiger partial charge in [-0.2, -0.15) is 0 Å². The lowest BCUT2D eigenvalue weighted by atomic mass is 10.2. The predicted octanol–water partition coefficient (Wildman–Crippen LogP) is 4.25. The molecule has 2 N–H and O–H groups in total. The first-order valence-corrected chi connectivity index (χ1v) is 10.8. The molecule has 0 aromatic heterocycles. The predicted molar refractivity (Wildman–Crippen MR) is 122 cm³/mol. The third kappa shape index (κ3) is 5.98. The molecule has 1 aliphatic heterocycles. The van der Waals surface area contributed by atoms with Crippen LogP contribution in [0.5, 0.6) is 5.75 Å². The summed E-state index contributed by atoms with van der Waals surface area (Å²) in [6.07, 6.45) is 3.46. The van der Waals surface area contributed by atoms with E-state index in [0.717, 1.165) is 18.4 Å². The van der Waals surface area contributed by atoms with E-state index in [9.17, 15) is 19.5 Å². The van der Waals surface area contributed by atoms with Crippen LogP contribution >= 0.6 is 11.8 Å². The van der Waals surface area contributed by atoms with Crippen molar-refractivity contribution in [1.82, 2.24) is 4.90 Å². The summed E-state index contributed by atoms with van der Waals surface area (Å²) in [7, 11) is 0. The fourth-order valence-corrected chi connectivity index (χ4v) is 3.91. The van der Waals surface area contributed by atoms with Crippen LogP contribution in [0.25, 0.3) is 6.08 Å². The Kier molecular flexibility index (Phi) is 7.67. The molecule has 1 fully saturated rings. The van der Waals surface area contributed by atoms with Crippen LogP contribution in [0.3, 0.4) is 0 Å². The Morgan fingerprint density at radius 3 is 2.56 bits per heavy atom. The van der Waals surface area contributed by atoms with Gasteiger partial charge in [0, 0.05) is 6.54 Å². The van der Waals surface area contributed by atoms with Gasteiger partial charge in [0.1, 0.15) is 5.75 Å². The van der Waals surface area contributed by atoms with E-state index < -0.39 is 18.5 Å². The monoisotopic (exact) mass is 454 g/mol. The lowest BCUT2D eigenvalue weighted by Gasteiger charge is -2.14. The second-order valence-electron chi connectivity index (χ2n) is 6.92. The SMILES string of the molecule is CCCCN1C(=O)/C(=C/c2ccc(OCC(=O)O)cc2)SC1=Nc1cccc(C(=O)O)c1. The Morgan fingerprint density at radius 1 is 1.16 bits per heavy atom. The number of hydrogen-bond acceptors (Lipinski definition) is 6. The molecule has 166 valence electrons. The Labute approximate surface area is 189 Å². The van der Waals surface area contributed by atoms with E-state index in [0.29, 0.717) is 28.1 Å². The number of aliphatic carboxylic acids is 1. The van der Waals surface area contributed by atoms with Crippen LogP contribution in [0, 0.1) is 0 Å². The molecule has 9 heteroatoms. The summed E-state index contributed by atoms with van der Waals surface area (Å²) in [5.41, 5.74) is 1.35. The Hall–Kier alpha value is -3.59. The number of ether oxygens (including phenoxy) is 1. The molecule has 2 aromatic carbocycles. The molecule has 3 rings (SSSR count). The molecule has 0 atom stereocenters. The number of carboxylic acid groups (broad SMARTS) is 2. The van der Waals surface area contributed by atoms with E-state index in [2.05, 4.69) is 4.99 Å². The minimum Gasteiger partial charge on any atom is -0.482 e. The molecular weight excluding hydrogens is 432 g/mol. The highest BCUT2D eigenvalue weighted by molar-refractivity contribution is 8.18. The normalized spacial score (nSPS) is 16.0. The average molecular weight is 455 g/mol. The lowest BCUT2D eigenvalue weighted by Crippen LogP contribution is -2.30. The second-order valence-corrected chi connectivity index (χ2v) is 7.93. The zero-order valence-electron chi connectivity index (χ0n) is 17.4. The van der Waals surface area contributed by atoms with Gasteiger partial charge in [0.2, 0.25) is 0 Å². The summed E-state index contributed by atoms with van der Waals surface area (Å²) >= 11 is 1.23. The van der Waals surface area contributed by atoms with Gasteiger partial charge in [0.25, 0.3) is 5.91 Å². The molecule has 0 radical (unpaired) electrons. The van der Waals surface area contributed by atoms with Crippen molar-refractivity contribution in [2.75, 3.05) is 13.2 Å². The first-order valence-electron chi connectivity index (χ1n) is 9.95. The van der Waals surface area contributed by atoms with Crippen molar-refractivity contribution in [3.8, 4) is 5.75 Å². The molecule has 1 amide bonds. The van der Waals surface area contributed by atoms with Crippen LogP contribution in [-0.4, -0.2) is 51.3 Å². The number of thioether (sulfide) groups is 1. The first-order chi connectivity index (χ1) is 15.4. The van der Waals surface area contributed by atoms with Crippen molar-refractivity contribution in [3.63, 3.8) is 0 Å². The highest BCUT2D eigenvalue weighted by Crippen LogP contribution is 2.34. The number of unbranched alkanes of at least 4 members (excludes halogenated alkanes) is 1. The number of aliphatic imine (C=N–C) groups is 1. The maximum absolute atomic E-state index is 13.0. The number of carboxylic acids is 2. The van der Waals surface area contributed by atoms with Gasteiger partial charge in [-0.15, -0.1) is 0 Å². The molecule has 2 aromatic rings. The third-order valence-corrected chi connectivity index (χ3v) is 5.49. The first kappa shape index (κ1) is 23.1. The van der Waals surface area contributed by atoms with Crippen molar-refractivity contribution < 1.29 is 29.3 Å². The number of hydrogen-bond donors (Lipinski definition) is 2. The number of amidine groups is 1. The summed E-state index contributed by atoms with van der Waals surface area (Å²) in [6, 6.07) is 13.0. The molecule has 1 aliphatic rings. The number of aromatic carboxylic acids is 1. The number of amides is 1. The molecular formula is C23H22N2O6S. The highest BCUT2D eigenvalue weighted by Gasteiger charge is 2.33. The smallest absolute Gasteiger partial charge is 0.341 e. The highest BCUT2D eigenvalue weighted by atomic mass is 32.2. The molecule has 1 heterocycles. The second kappa shape index (κ2) is 10.6. The average Bonchev–Trinajstić information content (AvgIpc) is 3.05. The summed E-state index contributed by atoms with van der Waals surface area (Å²) in [5, 5.41) is 18.4. The number of nitrogens with zero attached hydrogens (tertiary/aromatic N) is 2. The van der Waals surface area contributed by atoms with Crippen LogP contribution in [0.1, 0.15) is 35.7 Å². The van der Waals surface area contributed by atoms with Crippen molar-refractivity contribution in [2.24, 2.45) is 4.99 Å². The molecule has 0 spiro atoms. The maximum Gasteiger partial charge on any atom is 0.341 e. The zero-order valence-corrected chi connectivity index (χ0v) is 18.2. The standard InChI is InChI=1S/C23H22N2O6S/c1-2-3-11-25-21(28)19(12-15-7-9-18(10-8-15)31-14-20(26)27)32-23(25)24-17-6-4-5-16(13-17)22(29)30/h4-10,12-13H,2-3,11,14H2,1H3,(H,26,27)(H,29,30)/b19-12-,24-23?. The number of rotatable bonds is 9. The summed E-state index contributed by atoms with van der Waals surface area (Å²) in [4.78, 5) is 41.5. The molecule has 0 saturated carbocycles. The molecule has 32 heavy (non-hydrogen) atoms. The number of carbonyl (C=O) groups excluding carboxylic acids is 1. The van der Waals surface area contributed by atoms with Gasteiger partial charge < -0.3 is 14.9 Å². The molecule has 0 aliphatic carbocycles. The molecule has 0 unspecified atom stereocenters. The molecule has 0 bridgehead atoms. The van der Waals surface area contributed by atoms with E-state index in [1.54, 1.807) is 47.4 Å². The van der Waals surface area contributed by atoms with E-state index in [1.807, 2.05) is 6.92 Å². The van der Waals surface area contributed by atoms with Crippen LogP contribution in [0.15, 0.2) is 58.4 Å². The van der Waals surface area contributed by atoms with Crippen molar-refractivity contribution in [1.29, 1.82) is 0 Å². The Morgan fingerprint density at radius 2 is 1.91 bits per heavy atom. The summed E-state index contributed by atoms with van der Waals surface area (Å²) in [6.45, 7) is 2.12. The fraction of sp³-hybridized carbons (Fsp3) is 0.217. The maximum atomic E-state index is 13.0. The lowest BCUT2D eigenvalue weighted by molar-refractivity contribution is -0.139. The van der Waals surface area contributed by atoms with Gasteiger partial charge in [-0.25, -0.2) is 14.6 Å². The largest absolute Gasteiger partial charge is 0.482 e. The zero-order chi connectivity index (χ0) is 23.1. The minimum atomic E-state index is -1.06. The van der Waals surface area contributed by atoms with Crippen LogP contribution in [0.4, 0.5) is 5.69 Å².